The molecule has 0 spiro atoms. The third-order valence-corrected chi connectivity index (χ3v) is 3.11. The fourth-order valence-electron chi connectivity index (χ4n) is 2.36. The summed E-state index contributed by atoms with van der Waals surface area (Å²) in [6.45, 7) is 8.89. The molecular formula is C16H27N. The molecule has 0 aliphatic rings. The van der Waals surface area contributed by atoms with Crippen molar-refractivity contribution in [2.45, 2.75) is 65.3 Å². The first-order chi connectivity index (χ1) is 8.17. The van der Waals surface area contributed by atoms with E-state index in [2.05, 4.69) is 57.3 Å². The van der Waals surface area contributed by atoms with Gasteiger partial charge in [0.15, 0.2) is 0 Å². The summed E-state index contributed by atoms with van der Waals surface area (Å²) in [5, 5.41) is 3.43. The Labute approximate surface area is 107 Å². The van der Waals surface area contributed by atoms with Crippen LogP contribution in [0.1, 0.15) is 64.9 Å². The highest BCUT2D eigenvalue weighted by Gasteiger charge is 2.09. The molecule has 0 bridgehead atoms. The van der Waals surface area contributed by atoms with Gasteiger partial charge in [-0.1, -0.05) is 38.8 Å². The molecule has 1 nitrogen and oxygen atoms in total. The predicted octanol–water partition coefficient (Wildman–Crippen LogP) is 5.19. The standard InChI is InChI=1S/C16H27N/c1-5-7-14(8-6-2)15-9-11-16(12-10-15)17-13(3)4/h9-14,17H,5-8H2,1-4H3. The maximum absolute atomic E-state index is 3.43. The molecule has 0 atom stereocenters. The Morgan fingerprint density at radius 2 is 1.47 bits per heavy atom. The first kappa shape index (κ1) is 14.1. The van der Waals surface area contributed by atoms with Gasteiger partial charge >= 0.3 is 0 Å². The van der Waals surface area contributed by atoms with Crippen LogP contribution in [0.3, 0.4) is 0 Å². The van der Waals surface area contributed by atoms with Gasteiger partial charge in [0.2, 0.25) is 0 Å². The normalized spacial score (nSPS) is 11.2. The van der Waals surface area contributed by atoms with Crippen molar-refractivity contribution in [3.05, 3.63) is 29.8 Å². The molecule has 96 valence electrons. The number of hydrogen-bond acceptors (Lipinski definition) is 1. The second-order valence-electron chi connectivity index (χ2n) is 5.20. The van der Waals surface area contributed by atoms with Crippen molar-refractivity contribution >= 4 is 5.69 Å². The maximum atomic E-state index is 3.43. The van der Waals surface area contributed by atoms with Gasteiger partial charge in [0.05, 0.1) is 0 Å². The van der Waals surface area contributed by atoms with Crippen LogP contribution in [0.2, 0.25) is 0 Å². The van der Waals surface area contributed by atoms with Crippen molar-refractivity contribution in [2.75, 3.05) is 5.32 Å². The molecule has 1 aromatic carbocycles. The summed E-state index contributed by atoms with van der Waals surface area (Å²) in [5.74, 6) is 0.748. The monoisotopic (exact) mass is 233 g/mol. The Kier molecular flexibility index (Phi) is 6.10. The molecule has 0 heterocycles. The second kappa shape index (κ2) is 7.37. The van der Waals surface area contributed by atoms with Gasteiger partial charge in [0.25, 0.3) is 0 Å². The average molecular weight is 233 g/mol. The summed E-state index contributed by atoms with van der Waals surface area (Å²) in [6.07, 6.45) is 5.17. The molecule has 0 amide bonds. The molecule has 0 fully saturated rings. The maximum Gasteiger partial charge on any atom is 0.0342 e. The average Bonchev–Trinajstić information content (AvgIpc) is 2.29. The summed E-state index contributed by atoms with van der Waals surface area (Å²) < 4.78 is 0. The first-order valence-corrected chi connectivity index (χ1v) is 7.03. The minimum absolute atomic E-state index is 0.503. The van der Waals surface area contributed by atoms with E-state index in [4.69, 9.17) is 0 Å². The van der Waals surface area contributed by atoms with Crippen molar-refractivity contribution in [3.63, 3.8) is 0 Å². The molecule has 1 aromatic rings. The summed E-state index contributed by atoms with van der Waals surface area (Å²) in [4.78, 5) is 0. The minimum atomic E-state index is 0.503. The van der Waals surface area contributed by atoms with E-state index in [0.717, 1.165) is 5.92 Å². The SMILES string of the molecule is CCCC(CCC)c1ccc(NC(C)C)cc1. The van der Waals surface area contributed by atoms with Crippen LogP contribution in [0, 0.1) is 0 Å². The summed E-state index contributed by atoms with van der Waals surface area (Å²) >= 11 is 0. The highest BCUT2D eigenvalue weighted by Crippen LogP contribution is 2.27. The Morgan fingerprint density at radius 1 is 0.941 bits per heavy atom. The summed E-state index contributed by atoms with van der Waals surface area (Å²) in [6, 6.07) is 9.52. The van der Waals surface area contributed by atoms with Gasteiger partial charge in [-0.3, -0.25) is 0 Å². The molecule has 1 heteroatoms. The third kappa shape index (κ3) is 4.80. The summed E-state index contributed by atoms with van der Waals surface area (Å²) in [7, 11) is 0. The lowest BCUT2D eigenvalue weighted by Gasteiger charge is -2.17. The van der Waals surface area contributed by atoms with Crippen LogP contribution in [0.5, 0.6) is 0 Å². The number of rotatable bonds is 7. The molecule has 0 radical (unpaired) electrons. The highest BCUT2D eigenvalue weighted by atomic mass is 14.9. The van der Waals surface area contributed by atoms with E-state index in [0.29, 0.717) is 6.04 Å². The van der Waals surface area contributed by atoms with Crippen molar-refractivity contribution in [1.29, 1.82) is 0 Å². The van der Waals surface area contributed by atoms with Gasteiger partial charge in [-0.05, 0) is 50.3 Å². The van der Waals surface area contributed by atoms with Crippen molar-refractivity contribution in [3.8, 4) is 0 Å². The van der Waals surface area contributed by atoms with Crippen molar-refractivity contribution in [2.24, 2.45) is 0 Å². The molecule has 0 aliphatic heterocycles. The van der Waals surface area contributed by atoms with Gasteiger partial charge in [-0.2, -0.15) is 0 Å². The smallest absolute Gasteiger partial charge is 0.0342 e. The van der Waals surface area contributed by atoms with Gasteiger partial charge in [-0.25, -0.2) is 0 Å². The van der Waals surface area contributed by atoms with E-state index in [1.807, 2.05) is 0 Å². The Balaban J connectivity index is 2.69. The molecule has 17 heavy (non-hydrogen) atoms. The quantitative estimate of drug-likeness (QED) is 0.683. The van der Waals surface area contributed by atoms with Gasteiger partial charge in [-0.15, -0.1) is 0 Å². The molecular weight excluding hydrogens is 206 g/mol. The largest absolute Gasteiger partial charge is 0.383 e. The fourth-order valence-corrected chi connectivity index (χ4v) is 2.36. The van der Waals surface area contributed by atoms with Crippen LogP contribution >= 0.6 is 0 Å². The summed E-state index contributed by atoms with van der Waals surface area (Å²) in [5.41, 5.74) is 2.73. The third-order valence-electron chi connectivity index (χ3n) is 3.11. The topological polar surface area (TPSA) is 12.0 Å². The Bertz CT molecular complexity index is 294. The van der Waals surface area contributed by atoms with Crippen LogP contribution < -0.4 is 5.32 Å². The fraction of sp³-hybridized carbons (Fsp3) is 0.625. The number of hydrogen-bond donors (Lipinski definition) is 1. The minimum Gasteiger partial charge on any atom is -0.383 e. The highest BCUT2D eigenvalue weighted by molar-refractivity contribution is 5.45. The van der Waals surface area contributed by atoms with Crippen LogP contribution in [-0.2, 0) is 0 Å². The van der Waals surface area contributed by atoms with Crippen molar-refractivity contribution < 1.29 is 0 Å². The van der Waals surface area contributed by atoms with E-state index in [9.17, 15) is 0 Å². The lowest BCUT2D eigenvalue weighted by Crippen LogP contribution is -2.09. The zero-order valence-electron chi connectivity index (χ0n) is 11.8. The Morgan fingerprint density at radius 3 is 1.88 bits per heavy atom. The molecule has 0 unspecified atom stereocenters. The molecule has 0 aromatic heterocycles. The van der Waals surface area contributed by atoms with Crippen LogP contribution in [0.25, 0.3) is 0 Å². The number of nitrogens with one attached hydrogen (secondary N) is 1. The molecule has 0 aliphatic carbocycles. The lowest BCUT2D eigenvalue weighted by atomic mass is 9.90. The van der Waals surface area contributed by atoms with Crippen molar-refractivity contribution in [1.82, 2.24) is 0 Å². The van der Waals surface area contributed by atoms with E-state index >= 15 is 0 Å². The van der Waals surface area contributed by atoms with Gasteiger partial charge < -0.3 is 5.32 Å². The van der Waals surface area contributed by atoms with Crippen LogP contribution in [0.15, 0.2) is 24.3 Å². The number of anilines is 1. The van der Waals surface area contributed by atoms with Crippen LogP contribution in [-0.4, -0.2) is 6.04 Å². The molecule has 0 saturated carbocycles. The molecule has 1 rings (SSSR count). The van der Waals surface area contributed by atoms with Crippen LogP contribution in [0.4, 0.5) is 5.69 Å². The van der Waals surface area contributed by atoms with E-state index in [1.54, 1.807) is 0 Å². The number of benzene rings is 1. The zero-order chi connectivity index (χ0) is 12.7. The second-order valence-corrected chi connectivity index (χ2v) is 5.20. The molecule has 0 saturated heterocycles. The van der Waals surface area contributed by atoms with Gasteiger partial charge in [0.1, 0.15) is 0 Å². The zero-order valence-corrected chi connectivity index (χ0v) is 11.8. The molecule has 1 N–H and O–H groups in total. The van der Waals surface area contributed by atoms with E-state index in [1.165, 1.54) is 36.9 Å². The first-order valence-electron chi connectivity index (χ1n) is 7.03. The Hall–Kier alpha value is -0.980. The lowest BCUT2D eigenvalue weighted by molar-refractivity contribution is 0.561. The van der Waals surface area contributed by atoms with E-state index in [-0.39, 0.29) is 0 Å². The predicted molar refractivity (Wildman–Crippen MR) is 77.8 cm³/mol. The van der Waals surface area contributed by atoms with E-state index < -0.39 is 0 Å². The van der Waals surface area contributed by atoms with Gasteiger partial charge in [0, 0.05) is 11.7 Å².